The lowest BCUT2D eigenvalue weighted by molar-refractivity contribution is 0.475. The minimum atomic E-state index is 0.267. The summed E-state index contributed by atoms with van der Waals surface area (Å²) >= 11 is 0. The van der Waals surface area contributed by atoms with E-state index in [1.165, 1.54) is 0 Å². The molecular weight excluding hydrogens is 166 g/mol. The van der Waals surface area contributed by atoms with E-state index in [2.05, 4.69) is 5.43 Å². The molecule has 68 valence electrons. The second kappa shape index (κ2) is 2.90. The van der Waals surface area contributed by atoms with Crippen LogP contribution in [0.15, 0.2) is 36.2 Å². The summed E-state index contributed by atoms with van der Waals surface area (Å²) in [5.41, 5.74) is 9.51. The zero-order valence-corrected chi connectivity index (χ0v) is 7.07. The van der Waals surface area contributed by atoms with Crippen LogP contribution in [0.3, 0.4) is 0 Å². The summed E-state index contributed by atoms with van der Waals surface area (Å²) in [4.78, 5) is 0. The number of hydrogen-bond donors (Lipinski definition) is 3. The first-order valence-electron chi connectivity index (χ1n) is 4.04. The fourth-order valence-electron chi connectivity index (χ4n) is 1.24. The minimum Gasteiger partial charge on any atom is -0.508 e. The average Bonchev–Trinajstić information content (AvgIpc) is 2.53. The van der Waals surface area contributed by atoms with Crippen molar-refractivity contribution in [3.05, 3.63) is 36.2 Å². The fourth-order valence-corrected chi connectivity index (χ4v) is 1.24. The third-order valence-corrected chi connectivity index (χ3v) is 1.92. The van der Waals surface area contributed by atoms with Gasteiger partial charge in [-0.15, -0.1) is 0 Å². The molecule has 13 heavy (non-hydrogen) atoms. The van der Waals surface area contributed by atoms with Crippen LogP contribution < -0.4 is 16.2 Å². The molecule has 0 atom stereocenters. The maximum absolute atomic E-state index is 9.07. The molecule has 0 aliphatic carbocycles. The number of nitrogens with one attached hydrogen (secondary N) is 1. The summed E-state index contributed by atoms with van der Waals surface area (Å²) in [6, 6.07) is 6.95. The van der Waals surface area contributed by atoms with E-state index in [1.807, 2.05) is 23.2 Å². The third kappa shape index (κ3) is 1.51. The molecule has 0 unspecified atom stereocenters. The van der Waals surface area contributed by atoms with Gasteiger partial charge >= 0.3 is 0 Å². The van der Waals surface area contributed by atoms with Gasteiger partial charge in [0.15, 0.2) is 0 Å². The van der Waals surface area contributed by atoms with Crippen molar-refractivity contribution >= 4 is 5.69 Å². The van der Waals surface area contributed by atoms with Crippen molar-refractivity contribution < 1.29 is 5.11 Å². The second-order valence-corrected chi connectivity index (χ2v) is 2.90. The predicted octanol–water partition coefficient (Wildman–Crippen LogP) is 0.517. The molecule has 0 fully saturated rings. The number of nitrogens with two attached hydrogens (primary N) is 1. The van der Waals surface area contributed by atoms with Crippen molar-refractivity contribution in [2.45, 2.75) is 0 Å². The second-order valence-electron chi connectivity index (χ2n) is 2.90. The van der Waals surface area contributed by atoms with Crippen LogP contribution in [0.2, 0.25) is 0 Å². The molecule has 0 aromatic heterocycles. The Bertz CT molecular complexity index is 331. The fraction of sp³-hybridized carbons (Fsp3) is 0.111. The molecule has 4 heteroatoms. The van der Waals surface area contributed by atoms with Gasteiger partial charge in [-0.1, -0.05) is 0 Å². The number of phenols is 1. The summed E-state index contributed by atoms with van der Waals surface area (Å²) in [5.74, 6) is 0.928. The first kappa shape index (κ1) is 7.79. The largest absolute Gasteiger partial charge is 0.508 e. The van der Waals surface area contributed by atoms with Crippen molar-refractivity contribution in [3.63, 3.8) is 0 Å². The van der Waals surface area contributed by atoms with E-state index in [-0.39, 0.29) is 5.75 Å². The molecular formula is C9H11N3O. The van der Waals surface area contributed by atoms with Gasteiger partial charge in [0.05, 0.1) is 12.2 Å². The number of nitrogens with zero attached hydrogens (tertiary/aromatic N) is 1. The van der Waals surface area contributed by atoms with Crippen LogP contribution in [0, 0.1) is 0 Å². The van der Waals surface area contributed by atoms with E-state index in [1.54, 1.807) is 12.1 Å². The van der Waals surface area contributed by atoms with E-state index in [4.69, 9.17) is 10.8 Å². The summed E-state index contributed by atoms with van der Waals surface area (Å²) in [6.45, 7) is 0.747. The normalized spacial score (nSPS) is 15.4. The van der Waals surface area contributed by atoms with Gasteiger partial charge in [0.25, 0.3) is 0 Å². The smallest absolute Gasteiger partial charge is 0.115 e. The Morgan fingerprint density at radius 1 is 1.31 bits per heavy atom. The highest BCUT2D eigenvalue weighted by molar-refractivity contribution is 5.50. The van der Waals surface area contributed by atoms with Gasteiger partial charge in [0, 0.05) is 0 Å². The minimum absolute atomic E-state index is 0.267. The van der Waals surface area contributed by atoms with Crippen molar-refractivity contribution in [1.82, 2.24) is 5.43 Å². The van der Waals surface area contributed by atoms with Crippen molar-refractivity contribution in [2.24, 2.45) is 5.73 Å². The molecule has 4 N–H and O–H groups in total. The van der Waals surface area contributed by atoms with Crippen molar-refractivity contribution in [3.8, 4) is 5.75 Å². The van der Waals surface area contributed by atoms with Gasteiger partial charge in [-0.2, -0.15) is 0 Å². The average molecular weight is 177 g/mol. The maximum atomic E-state index is 9.07. The van der Waals surface area contributed by atoms with E-state index in [0.717, 1.165) is 12.2 Å². The topological polar surface area (TPSA) is 61.5 Å². The maximum Gasteiger partial charge on any atom is 0.115 e. The number of phenolic OH excluding ortho intramolecular Hbond substituents is 1. The summed E-state index contributed by atoms with van der Waals surface area (Å²) in [6.07, 6.45) is 1.90. The van der Waals surface area contributed by atoms with Crippen LogP contribution in [0.1, 0.15) is 0 Å². The summed E-state index contributed by atoms with van der Waals surface area (Å²) in [7, 11) is 0. The van der Waals surface area contributed by atoms with Gasteiger partial charge in [-0.25, -0.2) is 0 Å². The van der Waals surface area contributed by atoms with Crippen LogP contribution in [0.25, 0.3) is 0 Å². The van der Waals surface area contributed by atoms with E-state index < -0.39 is 0 Å². The highest BCUT2D eigenvalue weighted by Crippen LogP contribution is 2.18. The predicted molar refractivity (Wildman–Crippen MR) is 50.9 cm³/mol. The Morgan fingerprint density at radius 3 is 2.54 bits per heavy atom. The first-order chi connectivity index (χ1) is 6.25. The van der Waals surface area contributed by atoms with Gasteiger partial charge in [-0.05, 0) is 30.3 Å². The molecule has 1 aromatic rings. The van der Waals surface area contributed by atoms with Gasteiger partial charge in [-0.3, -0.25) is 10.4 Å². The lowest BCUT2D eigenvalue weighted by Gasteiger charge is -2.19. The summed E-state index contributed by atoms with van der Waals surface area (Å²) in [5, 5.41) is 11.0. The van der Waals surface area contributed by atoms with Crippen LogP contribution in [0.4, 0.5) is 5.69 Å². The molecule has 0 radical (unpaired) electrons. The van der Waals surface area contributed by atoms with E-state index in [0.29, 0.717) is 5.82 Å². The Morgan fingerprint density at radius 2 is 2.00 bits per heavy atom. The molecule has 1 aliphatic heterocycles. The zero-order valence-electron chi connectivity index (χ0n) is 7.07. The SMILES string of the molecule is NC1=CCN(c2ccc(O)cc2)N1. The standard InChI is InChI=1S/C9H11N3O/c10-9-5-6-12(11-9)7-1-3-8(13)4-2-7/h1-5,11,13H,6,10H2. The van der Waals surface area contributed by atoms with Crippen molar-refractivity contribution in [2.75, 3.05) is 11.6 Å². The molecule has 0 saturated heterocycles. The van der Waals surface area contributed by atoms with Gasteiger partial charge in [0.1, 0.15) is 11.6 Å². The van der Waals surface area contributed by atoms with E-state index >= 15 is 0 Å². The molecule has 0 bridgehead atoms. The molecule has 0 saturated carbocycles. The number of benzene rings is 1. The van der Waals surface area contributed by atoms with Crippen LogP contribution in [-0.2, 0) is 0 Å². The molecule has 2 rings (SSSR count). The highest BCUT2D eigenvalue weighted by atomic mass is 16.3. The molecule has 1 aliphatic rings. The number of aromatic hydroxyl groups is 1. The Kier molecular flexibility index (Phi) is 1.73. The highest BCUT2D eigenvalue weighted by Gasteiger charge is 2.10. The van der Waals surface area contributed by atoms with Crippen LogP contribution in [-0.4, -0.2) is 11.7 Å². The molecule has 1 heterocycles. The van der Waals surface area contributed by atoms with Crippen LogP contribution in [0.5, 0.6) is 5.75 Å². The first-order valence-corrected chi connectivity index (χ1v) is 4.04. The van der Waals surface area contributed by atoms with Gasteiger partial charge < -0.3 is 10.8 Å². The van der Waals surface area contributed by atoms with Crippen LogP contribution >= 0.6 is 0 Å². The molecule has 0 amide bonds. The molecule has 0 spiro atoms. The lowest BCUT2D eigenvalue weighted by atomic mass is 10.3. The summed E-state index contributed by atoms with van der Waals surface area (Å²) < 4.78 is 0. The Hall–Kier alpha value is -1.84. The lowest BCUT2D eigenvalue weighted by Crippen LogP contribution is -2.33. The quantitative estimate of drug-likeness (QED) is 0.585. The molecule has 1 aromatic carbocycles. The number of hydrogen-bond acceptors (Lipinski definition) is 4. The number of hydrazine groups is 1. The van der Waals surface area contributed by atoms with E-state index in [9.17, 15) is 0 Å². The Balaban J connectivity index is 2.14. The monoisotopic (exact) mass is 177 g/mol. The number of anilines is 1. The van der Waals surface area contributed by atoms with Gasteiger partial charge in [0.2, 0.25) is 0 Å². The number of rotatable bonds is 1. The third-order valence-electron chi connectivity index (χ3n) is 1.92. The zero-order chi connectivity index (χ0) is 9.26. The van der Waals surface area contributed by atoms with Crippen molar-refractivity contribution in [1.29, 1.82) is 0 Å². The molecule has 4 nitrogen and oxygen atoms in total. The Labute approximate surface area is 76.2 Å².